The number of carbonyl (C=O) groups is 2. The second-order valence-corrected chi connectivity index (χ2v) is 6.03. The molecule has 2 amide bonds. The molecule has 0 unspecified atom stereocenters. The highest BCUT2D eigenvalue weighted by molar-refractivity contribution is 9.10. The lowest BCUT2D eigenvalue weighted by Crippen LogP contribution is -2.28. The van der Waals surface area contributed by atoms with Gasteiger partial charge in [0.25, 0.3) is 5.91 Å². The quantitative estimate of drug-likeness (QED) is 0.767. The Hall–Kier alpha value is -1.07. The van der Waals surface area contributed by atoms with E-state index >= 15 is 0 Å². The van der Waals surface area contributed by atoms with E-state index in [1.54, 1.807) is 18.2 Å². The molecule has 2 N–H and O–H groups in total. The summed E-state index contributed by atoms with van der Waals surface area (Å²) in [5, 5.41) is 6.08. The highest BCUT2D eigenvalue weighted by Crippen LogP contribution is 2.25. The Balaban J connectivity index is 1.71. The third-order valence-electron chi connectivity index (χ3n) is 3.00. The van der Waals surface area contributed by atoms with Gasteiger partial charge in [-0.1, -0.05) is 17.7 Å². The zero-order valence-corrected chi connectivity index (χ0v) is 13.3. The van der Waals surface area contributed by atoms with E-state index < -0.39 is 0 Å². The molecule has 0 saturated heterocycles. The van der Waals surface area contributed by atoms with Crippen LogP contribution in [0.3, 0.4) is 0 Å². The smallest absolute Gasteiger partial charge is 0.252 e. The fourth-order valence-electron chi connectivity index (χ4n) is 1.75. The molecule has 1 fully saturated rings. The van der Waals surface area contributed by atoms with Crippen LogP contribution in [0.25, 0.3) is 0 Å². The molecule has 0 aromatic heterocycles. The third-order valence-corrected chi connectivity index (χ3v) is 4.30. The van der Waals surface area contributed by atoms with E-state index in [4.69, 9.17) is 11.6 Å². The Kier molecular flexibility index (Phi) is 5.43. The Morgan fingerprint density at radius 3 is 2.80 bits per heavy atom. The average Bonchev–Trinajstić information content (AvgIpc) is 3.21. The summed E-state index contributed by atoms with van der Waals surface area (Å²) in [6, 6.07) is 5.59. The molecule has 0 radical (unpaired) electrons. The summed E-state index contributed by atoms with van der Waals surface area (Å²) >= 11 is 9.32. The van der Waals surface area contributed by atoms with Crippen molar-refractivity contribution < 1.29 is 9.59 Å². The fourth-order valence-corrected chi connectivity index (χ4v) is 2.33. The number of amides is 2. The summed E-state index contributed by atoms with van der Waals surface area (Å²) in [5.41, 5.74) is 0.434. The van der Waals surface area contributed by atoms with Gasteiger partial charge in [-0.15, -0.1) is 0 Å². The molecule has 0 spiro atoms. The molecule has 0 aliphatic heterocycles. The van der Waals surface area contributed by atoms with Gasteiger partial charge in [0.15, 0.2) is 0 Å². The molecule has 1 aliphatic carbocycles. The molecule has 0 bridgehead atoms. The predicted molar refractivity (Wildman–Crippen MR) is 81.9 cm³/mol. The van der Waals surface area contributed by atoms with Crippen molar-refractivity contribution in [2.45, 2.75) is 31.7 Å². The number of hydrogen-bond donors (Lipinski definition) is 2. The van der Waals surface area contributed by atoms with Gasteiger partial charge < -0.3 is 10.6 Å². The van der Waals surface area contributed by atoms with E-state index in [2.05, 4.69) is 26.6 Å². The molecule has 0 heterocycles. The van der Waals surface area contributed by atoms with Crippen molar-refractivity contribution in [2.75, 3.05) is 6.54 Å². The maximum Gasteiger partial charge on any atom is 0.252 e. The van der Waals surface area contributed by atoms with Crippen LogP contribution < -0.4 is 10.6 Å². The van der Waals surface area contributed by atoms with Gasteiger partial charge in [0, 0.05) is 23.5 Å². The van der Waals surface area contributed by atoms with Gasteiger partial charge in [0.1, 0.15) is 0 Å². The second kappa shape index (κ2) is 7.09. The van der Waals surface area contributed by atoms with Crippen molar-refractivity contribution in [3.63, 3.8) is 0 Å². The number of halogens is 2. The number of rotatable bonds is 6. The van der Waals surface area contributed by atoms with Crippen molar-refractivity contribution >= 4 is 39.3 Å². The van der Waals surface area contributed by atoms with E-state index in [0.717, 1.165) is 12.8 Å². The van der Waals surface area contributed by atoms with E-state index in [0.29, 0.717) is 40.5 Å². The number of benzene rings is 1. The van der Waals surface area contributed by atoms with Gasteiger partial charge in [-0.2, -0.15) is 0 Å². The van der Waals surface area contributed by atoms with Crippen molar-refractivity contribution in [1.29, 1.82) is 0 Å². The summed E-state index contributed by atoms with van der Waals surface area (Å²) < 4.78 is 0.690. The second-order valence-electron chi connectivity index (χ2n) is 4.80. The molecule has 6 heteroatoms. The Morgan fingerprint density at radius 1 is 1.35 bits per heavy atom. The summed E-state index contributed by atoms with van der Waals surface area (Å²) in [5.74, 6) is -0.166. The van der Waals surface area contributed by atoms with Crippen LogP contribution in [-0.4, -0.2) is 24.4 Å². The predicted octanol–water partition coefficient (Wildman–Crippen LogP) is 2.89. The molecule has 1 saturated carbocycles. The van der Waals surface area contributed by atoms with Crippen LogP contribution >= 0.6 is 27.5 Å². The van der Waals surface area contributed by atoms with E-state index in [9.17, 15) is 9.59 Å². The first-order chi connectivity index (χ1) is 9.58. The van der Waals surface area contributed by atoms with Gasteiger partial charge in [0.05, 0.1) is 10.6 Å². The highest BCUT2D eigenvalue weighted by Gasteiger charge is 2.22. The molecule has 1 aromatic carbocycles. The van der Waals surface area contributed by atoms with Gasteiger partial charge in [-0.3, -0.25) is 9.59 Å². The maximum absolute atomic E-state index is 11.9. The minimum Gasteiger partial charge on any atom is -0.353 e. The SMILES string of the molecule is O=C(CCCNC(=O)c1cccc(Br)c1Cl)NC1CC1. The van der Waals surface area contributed by atoms with Crippen LogP contribution in [-0.2, 0) is 4.79 Å². The first kappa shape index (κ1) is 15.3. The van der Waals surface area contributed by atoms with E-state index in [1.165, 1.54) is 0 Å². The van der Waals surface area contributed by atoms with E-state index in [1.807, 2.05) is 0 Å². The lowest BCUT2D eigenvalue weighted by atomic mass is 10.2. The summed E-state index contributed by atoms with van der Waals surface area (Å²) in [7, 11) is 0. The van der Waals surface area contributed by atoms with Crippen LogP contribution in [0.4, 0.5) is 0 Å². The molecule has 1 aliphatic rings. The third kappa shape index (κ3) is 4.49. The minimum atomic E-state index is -0.223. The molecule has 2 rings (SSSR count). The van der Waals surface area contributed by atoms with Gasteiger partial charge >= 0.3 is 0 Å². The minimum absolute atomic E-state index is 0.0576. The molecule has 4 nitrogen and oxygen atoms in total. The van der Waals surface area contributed by atoms with Crippen LogP contribution in [0.1, 0.15) is 36.0 Å². The molecular formula is C14H16BrClN2O2. The van der Waals surface area contributed by atoms with Crippen molar-refractivity contribution in [2.24, 2.45) is 0 Å². The Morgan fingerprint density at radius 2 is 2.10 bits per heavy atom. The van der Waals surface area contributed by atoms with Crippen LogP contribution in [0.2, 0.25) is 5.02 Å². The summed E-state index contributed by atoms with van der Waals surface area (Å²) in [6.45, 7) is 0.458. The standard InChI is InChI=1S/C14H16BrClN2O2/c15-11-4-1-3-10(13(11)16)14(20)17-8-2-5-12(19)18-9-6-7-9/h1,3-4,9H,2,5-8H2,(H,17,20)(H,18,19). The molecular weight excluding hydrogens is 344 g/mol. The Bertz CT molecular complexity index is 518. The zero-order valence-electron chi connectivity index (χ0n) is 10.9. The summed E-state index contributed by atoms with van der Waals surface area (Å²) in [4.78, 5) is 23.4. The molecule has 20 heavy (non-hydrogen) atoms. The lowest BCUT2D eigenvalue weighted by molar-refractivity contribution is -0.121. The number of nitrogens with one attached hydrogen (secondary N) is 2. The molecule has 108 valence electrons. The van der Waals surface area contributed by atoms with Gasteiger partial charge in [-0.05, 0) is 47.3 Å². The highest BCUT2D eigenvalue weighted by atomic mass is 79.9. The molecule has 1 aromatic rings. The maximum atomic E-state index is 11.9. The lowest BCUT2D eigenvalue weighted by Gasteiger charge is -2.08. The van der Waals surface area contributed by atoms with Crippen molar-refractivity contribution in [3.8, 4) is 0 Å². The topological polar surface area (TPSA) is 58.2 Å². The van der Waals surface area contributed by atoms with Crippen molar-refractivity contribution in [1.82, 2.24) is 10.6 Å². The van der Waals surface area contributed by atoms with Crippen molar-refractivity contribution in [3.05, 3.63) is 33.3 Å². The fraction of sp³-hybridized carbons (Fsp3) is 0.429. The number of hydrogen-bond acceptors (Lipinski definition) is 2. The van der Waals surface area contributed by atoms with Gasteiger partial charge in [-0.25, -0.2) is 0 Å². The van der Waals surface area contributed by atoms with E-state index in [-0.39, 0.29) is 11.8 Å². The Labute approximate surface area is 131 Å². The van der Waals surface area contributed by atoms with Crippen LogP contribution in [0.15, 0.2) is 22.7 Å². The number of carbonyl (C=O) groups excluding carboxylic acids is 2. The van der Waals surface area contributed by atoms with Crippen LogP contribution in [0.5, 0.6) is 0 Å². The zero-order chi connectivity index (χ0) is 14.5. The first-order valence-electron chi connectivity index (χ1n) is 6.59. The normalized spacial score (nSPS) is 13.9. The first-order valence-corrected chi connectivity index (χ1v) is 7.76. The van der Waals surface area contributed by atoms with Gasteiger partial charge in [0.2, 0.25) is 5.91 Å². The average molecular weight is 360 g/mol. The largest absolute Gasteiger partial charge is 0.353 e. The summed E-state index contributed by atoms with van der Waals surface area (Å²) in [6.07, 6.45) is 3.23. The molecule has 0 atom stereocenters. The monoisotopic (exact) mass is 358 g/mol. The van der Waals surface area contributed by atoms with Crippen LogP contribution in [0, 0.1) is 0 Å².